The highest BCUT2D eigenvalue weighted by Gasteiger charge is 2.21. The summed E-state index contributed by atoms with van der Waals surface area (Å²) >= 11 is 0. The Morgan fingerprint density at radius 1 is 0.917 bits per heavy atom. The normalized spacial score (nSPS) is 10.9. The fourth-order valence-electron chi connectivity index (χ4n) is 3.22. The van der Waals surface area contributed by atoms with Gasteiger partial charge in [0, 0.05) is 42.5 Å². The molecule has 36 heavy (non-hydrogen) atoms. The van der Waals surface area contributed by atoms with E-state index in [2.05, 4.69) is 10.6 Å². The van der Waals surface area contributed by atoms with Crippen molar-refractivity contribution in [1.29, 1.82) is 5.26 Å². The first-order valence-electron chi connectivity index (χ1n) is 11.1. The Bertz CT molecular complexity index is 1360. The molecule has 3 aromatic carbocycles. The van der Waals surface area contributed by atoms with Crippen LogP contribution in [0.1, 0.15) is 34.1 Å². The third-order valence-corrected chi connectivity index (χ3v) is 7.02. The molecular weight excluding hydrogens is 480 g/mol. The monoisotopic (exact) mass is 506 g/mol. The molecular formula is C26H26N4O5S. The number of nitriles is 1. The minimum atomic E-state index is -3.84. The van der Waals surface area contributed by atoms with Crippen molar-refractivity contribution >= 4 is 33.2 Å². The van der Waals surface area contributed by atoms with Crippen LogP contribution in [0.15, 0.2) is 77.7 Å². The smallest absolute Gasteiger partial charge is 0.255 e. The summed E-state index contributed by atoms with van der Waals surface area (Å²) in [5.41, 5.74) is 1.61. The van der Waals surface area contributed by atoms with Gasteiger partial charge in [0.2, 0.25) is 10.0 Å². The zero-order valence-corrected chi connectivity index (χ0v) is 20.7. The van der Waals surface area contributed by atoms with Crippen molar-refractivity contribution in [3.63, 3.8) is 0 Å². The highest BCUT2D eigenvalue weighted by atomic mass is 32.2. The number of amides is 2. The molecule has 0 saturated heterocycles. The van der Waals surface area contributed by atoms with E-state index in [9.17, 15) is 18.0 Å². The number of ether oxygens (including phenoxy) is 1. The molecule has 0 aliphatic heterocycles. The standard InChI is InChI=1S/C26H26N4O5S/c1-3-35-23-14-12-22(13-15-23)28-25(31)19-8-10-21(11-9-19)29-26(32)20-6-4-7-24(18-20)36(33,34)30(2)17-5-16-27/h4,6-15,18H,3,5,17H2,1-2H3,(H,28,31)(H,29,32). The Morgan fingerprint density at radius 3 is 2.08 bits per heavy atom. The zero-order chi connectivity index (χ0) is 26.1. The van der Waals surface area contributed by atoms with E-state index in [-0.39, 0.29) is 29.3 Å². The first-order valence-corrected chi connectivity index (χ1v) is 12.6. The van der Waals surface area contributed by atoms with Gasteiger partial charge in [-0.15, -0.1) is 0 Å². The van der Waals surface area contributed by atoms with Crippen molar-refractivity contribution in [2.45, 2.75) is 18.2 Å². The number of sulfonamides is 1. The largest absolute Gasteiger partial charge is 0.494 e. The number of anilines is 2. The van der Waals surface area contributed by atoms with Gasteiger partial charge in [-0.2, -0.15) is 9.57 Å². The van der Waals surface area contributed by atoms with Gasteiger partial charge in [-0.05, 0) is 73.7 Å². The number of hydrogen-bond acceptors (Lipinski definition) is 6. The molecule has 0 fully saturated rings. The summed E-state index contributed by atoms with van der Waals surface area (Å²) in [5, 5.41) is 14.2. The summed E-state index contributed by atoms with van der Waals surface area (Å²) in [4.78, 5) is 25.2. The van der Waals surface area contributed by atoms with Crippen LogP contribution < -0.4 is 15.4 Å². The fourth-order valence-corrected chi connectivity index (χ4v) is 4.44. The van der Waals surface area contributed by atoms with Crippen molar-refractivity contribution in [2.24, 2.45) is 0 Å². The molecule has 0 unspecified atom stereocenters. The predicted molar refractivity (Wildman–Crippen MR) is 136 cm³/mol. The molecule has 2 N–H and O–H groups in total. The number of nitrogens with one attached hydrogen (secondary N) is 2. The molecule has 10 heteroatoms. The Hall–Kier alpha value is -4.20. The van der Waals surface area contributed by atoms with Crippen LogP contribution in [-0.4, -0.2) is 44.7 Å². The van der Waals surface area contributed by atoms with Crippen LogP contribution >= 0.6 is 0 Å². The van der Waals surface area contributed by atoms with Crippen LogP contribution in [0.2, 0.25) is 0 Å². The second-order valence-electron chi connectivity index (χ2n) is 7.71. The number of carbonyl (C=O) groups excluding carboxylic acids is 2. The first-order chi connectivity index (χ1) is 17.2. The van der Waals surface area contributed by atoms with Gasteiger partial charge < -0.3 is 15.4 Å². The molecule has 0 aliphatic rings. The van der Waals surface area contributed by atoms with Gasteiger partial charge in [-0.3, -0.25) is 9.59 Å². The van der Waals surface area contributed by atoms with Crippen LogP contribution in [0.4, 0.5) is 11.4 Å². The molecule has 0 radical (unpaired) electrons. The summed E-state index contributed by atoms with van der Waals surface area (Å²) in [6.07, 6.45) is 0.0596. The maximum absolute atomic E-state index is 12.7. The van der Waals surface area contributed by atoms with Crippen molar-refractivity contribution in [1.82, 2.24) is 4.31 Å². The number of hydrogen-bond donors (Lipinski definition) is 2. The van der Waals surface area contributed by atoms with E-state index < -0.39 is 15.9 Å². The van der Waals surface area contributed by atoms with Gasteiger partial charge in [-0.25, -0.2) is 8.42 Å². The summed E-state index contributed by atoms with van der Waals surface area (Å²) < 4.78 is 31.8. The molecule has 0 bridgehead atoms. The van der Waals surface area contributed by atoms with Crippen molar-refractivity contribution < 1.29 is 22.7 Å². The molecule has 3 rings (SSSR count). The lowest BCUT2D eigenvalue weighted by atomic mass is 10.1. The van der Waals surface area contributed by atoms with Crippen LogP contribution in [-0.2, 0) is 10.0 Å². The van der Waals surface area contributed by atoms with Crippen LogP contribution in [0.5, 0.6) is 5.75 Å². The lowest BCUT2D eigenvalue weighted by Crippen LogP contribution is -2.28. The average molecular weight is 507 g/mol. The zero-order valence-electron chi connectivity index (χ0n) is 19.9. The molecule has 0 saturated carbocycles. The summed E-state index contributed by atoms with van der Waals surface area (Å²) in [6, 6.07) is 20.9. The molecule has 9 nitrogen and oxygen atoms in total. The van der Waals surface area contributed by atoms with Crippen molar-refractivity contribution in [3.8, 4) is 11.8 Å². The maximum Gasteiger partial charge on any atom is 0.255 e. The number of nitrogens with zero attached hydrogens (tertiary/aromatic N) is 2. The van der Waals surface area contributed by atoms with Crippen LogP contribution in [0.25, 0.3) is 0 Å². The fraction of sp³-hybridized carbons (Fsp3) is 0.192. The number of benzene rings is 3. The Kier molecular flexibility index (Phi) is 8.78. The molecule has 0 spiro atoms. The Morgan fingerprint density at radius 2 is 1.50 bits per heavy atom. The second kappa shape index (κ2) is 12.0. The topological polar surface area (TPSA) is 129 Å². The molecule has 0 heterocycles. The third-order valence-electron chi connectivity index (χ3n) is 5.17. The highest BCUT2D eigenvalue weighted by molar-refractivity contribution is 7.89. The van der Waals surface area contributed by atoms with E-state index in [4.69, 9.17) is 10.00 Å². The molecule has 3 aromatic rings. The summed E-state index contributed by atoms with van der Waals surface area (Å²) in [5.74, 6) is -0.0986. The predicted octanol–water partition coefficient (Wildman–Crippen LogP) is 4.12. The molecule has 0 aliphatic carbocycles. The maximum atomic E-state index is 12.7. The molecule has 0 aromatic heterocycles. The van der Waals surface area contributed by atoms with Crippen LogP contribution in [0.3, 0.4) is 0 Å². The van der Waals surface area contributed by atoms with E-state index in [1.165, 1.54) is 31.3 Å². The molecule has 186 valence electrons. The minimum Gasteiger partial charge on any atom is -0.494 e. The lowest BCUT2D eigenvalue weighted by molar-refractivity contribution is 0.101. The quantitative estimate of drug-likeness (QED) is 0.426. The van der Waals surface area contributed by atoms with Gasteiger partial charge in [0.15, 0.2) is 0 Å². The van der Waals surface area contributed by atoms with E-state index >= 15 is 0 Å². The van der Waals surface area contributed by atoms with Gasteiger partial charge in [0.05, 0.1) is 17.6 Å². The summed E-state index contributed by atoms with van der Waals surface area (Å²) in [6.45, 7) is 2.50. The molecule has 2 amide bonds. The van der Waals surface area contributed by atoms with Crippen LogP contribution in [0, 0.1) is 11.3 Å². The van der Waals surface area contributed by atoms with Gasteiger partial charge >= 0.3 is 0 Å². The van der Waals surface area contributed by atoms with E-state index in [0.29, 0.717) is 29.3 Å². The Labute approximate surface area is 210 Å². The lowest BCUT2D eigenvalue weighted by Gasteiger charge is -2.16. The number of carbonyl (C=O) groups is 2. The second-order valence-corrected chi connectivity index (χ2v) is 9.75. The van der Waals surface area contributed by atoms with Gasteiger partial charge in [-0.1, -0.05) is 6.07 Å². The minimum absolute atomic E-state index is 0.0445. The Balaban J connectivity index is 1.65. The SMILES string of the molecule is CCOc1ccc(NC(=O)c2ccc(NC(=O)c3cccc(S(=O)(=O)N(C)CCC#N)c3)cc2)cc1. The average Bonchev–Trinajstić information content (AvgIpc) is 2.89. The van der Waals surface area contributed by atoms with Gasteiger partial charge in [0.25, 0.3) is 11.8 Å². The molecule has 0 atom stereocenters. The third kappa shape index (κ3) is 6.69. The van der Waals surface area contributed by atoms with Gasteiger partial charge in [0.1, 0.15) is 5.75 Å². The van der Waals surface area contributed by atoms with E-state index in [0.717, 1.165) is 4.31 Å². The summed E-state index contributed by atoms with van der Waals surface area (Å²) in [7, 11) is -2.45. The highest BCUT2D eigenvalue weighted by Crippen LogP contribution is 2.19. The van der Waals surface area contributed by atoms with E-state index in [1.807, 2.05) is 13.0 Å². The van der Waals surface area contributed by atoms with Crippen molar-refractivity contribution in [2.75, 3.05) is 30.8 Å². The van der Waals surface area contributed by atoms with Crippen molar-refractivity contribution in [3.05, 3.63) is 83.9 Å². The van der Waals surface area contributed by atoms with E-state index in [1.54, 1.807) is 48.5 Å². The first kappa shape index (κ1) is 26.4. The number of rotatable bonds is 10.